The van der Waals surface area contributed by atoms with Gasteiger partial charge < -0.3 is 15.2 Å². The Morgan fingerprint density at radius 2 is 2.23 bits per heavy atom. The van der Waals surface area contributed by atoms with Crippen molar-refractivity contribution < 1.29 is 14.6 Å². The van der Waals surface area contributed by atoms with E-state index in [9.17, 15) is 4.79 Å². The van der Waals surface area contributed by atoms with E-state index in [0.29, 0.717) is 0 Å². The monoisotopic (exact) mass is 207 g/mol. The van der Waals surface area contributed by atoms with Crippen LogP contribution >= 0.6 is 12.4 Å². The molecule has 76 valence electrons. The summed E-state index contributed by atoms with van der Waals surface area (Å²) < 4.78 is 5.43. The van der Waals surface area contributed by atoms with Crippen molar-refractivity contribution in [1.82, 2.24) is 5.32 Å². The Hall–Kier alpha value is -0.320. The number of carboxylic acid groups (broad SMARTS) is 1. The Morgan fingerprint density at radius 1 is 1.46 bits per heavy atom. The molecule has 13 heavy (non-hydrogen) atoms. The van der Waals surface area contributed by atoms with Gasteiger partial charge in [-0.05, 0) is 19.4 Å². The van der Waals surface area contributed by atoms with Crippen LogP contribution in [0, 0.1) is 5.92 Å². The lowest BCUT2D eigenvalue weighted by Gasteiger charge is -2.30. The average Bonchev–Trinajstić information content (AvgIpc) is 2.49. The Bertz CT molecular complexity index is 200. The first-order chi connectivity index (χ1) is 5.79. The molecular formula is C8H14ClNO3. The number of hydrogen-bond acceptors (Lipinski definition) is 3. The van der Waals surface area contributed by atoms with Crippen LogP contribution in [0.25, 0.3) is 0 Å². The van der Waals surface area contributed by atoms with Crippen LogP contribution in [0.4, 0.5) is 0 Å². The van der Waals surface area contributed by atoms with Crippen molar-refractivity contribution in [3.63, 3.8) is 0 Å². The molecule has 0 aromatic carbocycles. The molecule has 0 amide bonds. The molecule has 0 bridgehead atoms. The van der Waals surface area contributed by atoms with Gasteiger partial charge in [-0.25, -0.2) is 0 Å². The van der Waals surface area contributed by atoms with Gasteiger partial charge in [0.05, 0.1) is 6.10 Å². The van der Waals surface area contributed by atoms with Crippen LogP contribution in [0.15, 0.2) is 0 Å². The van der Waals surface area contributed by atoms with Gasteiger partial charge in [0.1, 0.15) is 6.04 Å². The summed E-state index contributed by atoms with van der Waals surface area (Å²) in [6, 6.07) is -0.383. The molecule has 0 aliphatic carbocycles. The molecule has 3 atom stereocenters. The predicted octanol–water partition coefficient (Wildman–Crippen LogP) is 0.260. The standard InChI is InChI=1S/C8H13NO3.ClH/c10-8(11)7-5-2-4-12-6(5)1-3-9-7;/h5-7,9H,1-4H2,(H,10,11);1H. The summed E-state index contributed by atoms with van der Waals surface area (Å²) in [5.41, 5.74) is 0. The Labute approximate surface area is 83.1 Å². The topological polar surface area (TPSA) is 58.6 Å². The van der Waals surface area contributed by atoms with E-state index in [0.717, 1.165) is 26.0 Å². The van der Waals surface area contributed by atoms with Gasteiger partial charge in [0.25, 0.3) is 0 Å². The highest BCUT2D eigenvalue weighted by Crippen LogP contribution is 2.29. The lowest BCUT2D eigenvalue weighted by molar-refractivity contribution is -0.142. The highest BCUT2D eigenvalue weighted by molar-refractivity contribution is 5.85. The van der Waals surface area contributed by atoms with Gasteiger partial charge in [-0.2, -0.15) is 0 Å². The van der Waals surface area contributed by atoms with Crippen molar-refractivity contribution in [2.24, 2.45) is 5.92 Å². The lowest BCUT2D eigenvalue weighted by atomic mass is 9.88. The Balaban J connectivity index is 0.000000845. The number of carboxylic acids is 1. The quantitative estimate of drug-likeness (QED) is 0.648. The fourth-order valence-corrected chi connectivity index (χ4v) is 2.15. The van der Waals surface area contributed by atoms with Crippen molar-refractivity contribution in [2.75, 3.05) is 13.2 Å². The number of carbonyl (C=O) groups is 1. The molecule has 0 spiro atoms. The van der Waals surface area contributed by atoms with Crippen LogP contribution in [-0.2, 0) is 9.53 Å². The minimum Gasteiger partial charge on any atom is -0.480 e. The fraction of sp³-hybridized carbons (Fsp3) is 0.875. The molecule has 2 rings (SSSR count). The van der Waals surface area contributed by atoms with Crippen LogP contribution in [-0.4, -0.2) is 36.4 Å². The Morgan fingerprint density at radius 3 is 2.92 bits per heavy atom. The van der Waals surface area contributed by atoms with E-state index in [2.05, 4.69) is 5.32 Å². The molecule has 0 aromatic rings. The summed E-state index contributed by atoms with van der Waals surface area (Å²) in [5, 5.41) is 11.9. The molecule has 2 fully saturated rings. The second kappa shape index (κ2) is 4.26. The predicted molar refractivity (Wildman–Crippen MR) is 49.1 cm³/mol. The van der Waals surface area contributed by atoms with E-state index in [1.165, 1.54) is 0 Å². The zero-order valence-electron chi connectivity index (χ0n) is 7.23. The van der Waals surface area contributed by atoms with Crippen molar-refractivity contribution >= 4 is 18.4 Å². The second-order valence-corrected chi connectivity index (χ2v) is 3.42. The highest BCUT2D eigenvalue weighted by Gasteiger charge is 2.40. The largest absolute Gasteiger partial charge is 0.480 e. The number of piperidine rings is 1. The smallest absolute Gasteiger partial charge is 0.321 e. The van der Waals surface area contributed by atoms with Gasteiger partial charge in [-0.3, -0.25) is 4.79 Å². The summed E-state index contributed by atoms with van der Waals surface area (Å²) in [6.07, 6.45) is 2.02. The lowest BCUT2D eigenvalue weighted by Crippen LogP contribution is -2.51. The molecule has 0 saturated carbocycles. The molecule has 4 nitrogen and oxygen atoms in total. The van der Waals surface area contributed by atoms with Gasteiger partial charge >= 0.3 is 5.97 Å². The maximum Gasteiger partial charge on any atom is 0.321 e. The van der Waals surface area contributed by atoms with Crippen LogP contribution in [0.1, 0.15) is 12.8 Å². The molecule has 2 aliphatic rings. The fourth-order valence-electron chi connectivity index (χ4n) is 2.15. The third-order valence-electron chi connectivity index (χ3n) is 2.75. The minimum absolute atomic E-state index is 0. The van der Waals surface area contributed by atoms with Gasteiger partial charge in [0.15, 0.2) is 0 Å². The first-order valence-corrected chi connectivity index (χ1v) is 4.37. The van der Waals surface area contributed by atoms with E-state index in [1.54, 1.807) is 0 Å². The van der Waals surface area contributed by atoms with Crippen molar-refractivity contribution in [3.8, 4) is 0 Å². The van der Waals surface area contributed by atoms with Gasteiger partial charge in [-0.15, -0.1) is 12.4 Å². The number of halogens is 1. The van der Waals surface area contributed by atoms with Gasteiger partial charge in [0.2, 0.25) is 0 Å². The van der Waals surface area contributed by atoms with Crippen LogP contribution in [0.3, 0.4) is 0 Å². The van der Waals surface area contributed by atoms with E-state index < -0.39 is 5.97 Å². The molecule has 2 saturated heterocycles. The number of nitrogens with one attached hydrogen (secondary N) is 1. The zero-order valence-corrected chi connectivity index (χ0v) is 8.05. The van der Waals surface area contributed by atoms with Crippen molar-refractivity contribution in [1.29, 1.82) is 0 Å². The summed E-state index contributed by atoms with van der Waals surface area (Å²) >= 11 is 0. The molecule has 2 aliphatic heterocycles. The first-order valence-electron chi connectivity index (χ1n) is 4.37. The third-order valence-corrected chi connectivity index (χ3v) is 2.75. The average molecular weight is 208 g/mol. The number of rotatable bonds is 1. The number of fused-ring (bicyclic) bond motifs is 1. The third kappa shape index (κ3) is 1.95. The maximum absolute atomic E-state index is 10.8. The number of hydrogen-bond donors (Lipinski definition) is 2. The van der Waals surface area contributed by atoms with Gasteiger partial charge in [0, 0.05) is 12.5 Å². The summed E-state index contributed by atoms with van der Waals surface area (Å²) in [5.74, 6) is -0.550. The van der Waals surface area contributed by atoms with E-state index in [1.807, 2.05) is 0 Å². The SMILES string of the molecule is Cl.O=C(O)C1NCCC2OCCC21. The van der Waals surface area contributed by atoms with Crippen LogP contribution in [0.2, 0.25) is 0 Å². The number of aliphatic carboxylic acids is 1. The minimum atomic E-state index is -0.741. The number of ether oxygens (including phenoxy) is 1. The molecular weight excluding hydrogens is 194 g/mol. The van der Waals surface area contributed by atoms with Crippen molar-refractivity contribution in [3.05, 3.63) is 0 Å². The zero-order chi connectivity index (χ0) is 8.55. The van der Waals surface area contributed by atoms with Crippen molar-refractivity contribution in [2.45, 2.75) is 25.0 Å². The van der Waals surface area contributed by atoms with Crippen LogP contribution < -0.4 is 5.32 Å². The summed E-state index contributed by atoms with van der Waals surface area (Å²) in [4.78, 5) is 10.8. The molecule has 3 unspecified atom stereocenters. The Kier molecular flexibility index (Phi) is 3.53. The highest BCUT2D eigenvalue weighted by atomic mass is 35.5. The molecule has 0 aromatic heterocycles. The normalized spacial score (nSPS) is 37.7. The second-order valence-electron chi connectivity index (χ2n) is 3.42. The summed E-state index contributed by atoms with van der Waals surface area (Å²) in [6.45, 7) is 1.49. The van der Waals surface area contributed by atoms with E-state index >= 15 is 0 Å². The van der Waals surface area contributed by atoms with E-state index in [-0.39, 0.29) is 30.5 Å². The molecule has 0 radical (unpaired) electrons. The molecule has 5 heteroatoms. The van der Waals surface area contributed by atoms with Gasteiger partial charge in [-0.1, -0.05) is 0 Å². The van der Waals surface area contributed by atoms with E-state index in [4.69, 9.17) is 9.84 Å². The molecule has 2 heterocycles. The summed E-state index contributed by atoms with van der Waals surface area (Å²) in [7, 11) is 0. The molecule has 2 N–H and O–H groups in total. The van der Waals surface area contributed by atoms with Crippen LogP contribution in [0.5, 0.6) is 0 Å². The first kappa shape index (κ1) is 10.8. The maximum atomic E-state index is 10.8.